The van der Waals surface area contributed by atoms with Crippen molar-refractivity contribution in [3.63, 3.8) is 0 Å². The summed E-state index contributed by atoms with van der Waals surface area (Å²) in [5, 5.41) is 15.9. The Morgan fingerprint density at radius 1 is 1.26 bits per heavy atom. The monoisotopic (exact) mass is 408 g/mol. The molecule has 0 aromatic rings. The van der Waals surface area contributed by atoms with Crippen LogP contribution in [0, 0.1) is 0 Å². The molecule has 23 heavy (non-hydrogen) atoms. The third-order valence-electron chi connectivity index (χ3n) is 3.88. The lowest BCUT2D eigenvalue weighted by Crippen LogP contribution is -2.36. The number of hydrogen-bond acceptors (Lipinski definition) is 3. The number of unbranched alkanes of at least 4 members (excludes halogenated alkanes) is 3. The van der Waals surface area contributed by atoms with Gasteiger partial charge in [-0.15, -0.1) is 0 Å². The average Bonchev–Trinajstić information content (AvgIpc) is 3.04. The van der Waals surface area contributed by atoms with Crippen molar-refractivity contribution in [3.05, 3.63) is 5.73 Å². The maximum Gasteiger partial charge on any atom is 0.315 e. The number of fused-ring (bicyclic) bond motifs is 1. The van der Waals surface area contributed by atoms with Crippen LogP contribution < -0.4 is 10.6 Å². The van der Waals surface area contributed by atoms with E-state index in [0.717, 1.165) is 36.8 Å². The lowest BCUT2D eigenvalue weighted by Gasteiger charge is -2.16. The Kier molecular flexibility index (Phi) is 10.7. The first kappa shape index (κ1) is 20.6. The Balaban J connectivity index is 0.000000322. The predicted molar refractivity (Wildman–Crippen MR) is 98.4 cm³/mol. The molecule has 2 aliphatic rings. The van der Waals surface area contributed by atoms with Crippen molar-refractivity contribution in [3.8, 4) is 0 Å². The van der Waals surface area contributed by atoms with E-state index in [0.29, 0.717) is 11.8 Å². The van der Waals surface area contributed by atoms with Crippen molar-refractivity contribution in [1.29, 1.82) is 0 Å². The molecule has 2 fully saturated rings. The van der Waals surface area contributed by atoms with Gasteiger partial charge in [-0.3, -0.25) is 4.79 Å². The summed E-state index contributed by atoms with van der Waals surface area (Å²) in [5.74, 6) is 0.236. The van der Waals surface area contributed by atoms with E-state index in [4.69, 9.17) is 10.8 Å². The van der Waals surface area contributed by atoms with Crippen LogP contribution >= 0.6 is 27.7 Å². The summed E-state index contributed by atoms with van der Waals surface area (Å²) < 4.78 is 0. The number of rotatable bonds is 9. The Morgan fingerprint density at radius 3 is 2.70 bits per heavy atom. The van der Waals surface area contributed by atoms with Crippen molar-refractivity contribution in [2.24, 2.45) is 0 Å². The van der Waals surface area contributed by atoms with E-state index >= 15 is 0 Å². The number of urea groups is 1. The number of aliphatic carboxylic acids is 1. The molecule has 3 atom stereocenters. The van der Waals surface area contributed by atoms with Gasteiger partial charge < -0.3 is 21.5 Å². The number of carbonyl (C=O) groups excluding carboxylic acids is 1. The predicted octanol–water partition coefficient (Wildman–Crippen LogP) is 3.40. The van der Waals surface area contributed by atoms with E-state index in [9.17, 15) is 9.59 Å². The molecule has 8 heteroatoms. The van der Waals surface area contributed by atoms with Gasteiger partial charge in [0, 0.05) is 22.8 Å². The van der Waals surface area contributed by atoms with Crippen LogP contribution in [0.1, 0.15) is 44.9 Å². The SMILES string of the molecule is O=C(O)CCCC[C@@H]1SC[C@@H]2NC(=O)N[C@@H]21.[NH-]CCCCCBr. The Hall–Kier alpha value is -0.470. The van der Waals surface area contributed by atoms with Gasteiger partial charge in [-0.2, -0.15) is 18.3 Å². The number of halogens is 1. The maximum atomic E-state index is 11.1. The summed E-state index contributed by atoms with van der Waals surface area (Å²) in [6.45, 7) is 0.590. The van der Waals surface area contributed by atoms with Crippen LogP contribution in [0.3, 0.4) is 0 Å². The van der Waals surface area contributed by atoms with Gasteiger partial charge in [0.25, 0.3) is 0 Å². The largest absolute Gasteiger partial charge is 0.677 e. The van der Waals surface area contributed by atoms with Gasteiger partial charge in [0.1, 0.15) is 0 Å². The highest BCUT2D eigenvalue weighted by atomic mass is 79.9. The molecule has 0 unspecified atom stereocenters. The van der Waals surface area contributed by atoms with Gasteiger partial charge in [0.2, 0.25) is 0 Å². The molecule has 2 heterocycles. The second kappa shape index (κ2) is 12.0. The Bertz CT molecular complexity index is 370. The fourth-order valence-electron chi connectivity index (χ4n) is 2.66. The molecule has 6 nitrogen and oxygen atoms in total. The first-order chi connectivity index (χ1) is 11.1. The lowest BCUT2D eigenvalue weighted by atomic mass is 10.0. The molecule has 0 aromatic heterocycles. The smallest absolute Gasteiger partial charge is 0.315 e. The number of nitrogens with one attached hydrogen (secondary N) is 3. The highest BCUT2D eigenvalue weighted by Crippen LogP contribution is 2.33. The molecule has 4 N–H and O–H groups in total. The van der Waals surface area contributed by atoms with Crippen LogP contribution in [0.5, 0.6) is 0 Å². The van der Waals surface area contributed by atoms with E-state index in [1.807, 2.05) is 11.8 Å². The minimum Gasteiger partial charge on any atom is -0.677 e. The van der Waals surface area contributed by atoms with Crippen LogP contribution in [-0.4, -0.2) is 52.1 Å². The zero-order chi connectivity index (χ0) is 17.1. The molecule has 2 saturated heterocycles. The quantitative estimate of drug-likeness (QED) is 0.309. The molecule has 2 amide bonds. The number of thioether (sulfide) groups is 1. The number of amides is 2. The van der Waals surface area contributed by atoms with E-state index in [2.05, 4.69) is 26.6 Å². The Morgan fingerprint density at radius 2 is 2.04 bits per heavy atom. The molecule has 0 saturated carbocycles. The molecular weight excluding hydrogens is 382 g/mol. The summed E-state index contributed by atoms with van der Waals surface area (Å²) >= 11 is 5.19. The van der Waals surface area contributed by atoms with Gasteiger partial charge in [-0.25, -0.2) is 4.79 Å². The number of carboxylic acids is 1. The first-order valence-electron chi connectivity index (χ1n) is 8.19. The van der Waals surface area contributed by atoms with Crippen LogP contribution in [0.15, 0.2) is 0 Å². The van der Waals surface area contributed by atoms with Crippen molar-refractivity contribution < 1.29 is 14.7 Å². The summed E-state index contributed by atoms with van der Waals surface area (Å²) in [6, 6.07) is 0.440. The molecule has 0 aromatic carbocycles. The van der Waals surface area contributed by atoms with Crippen molar-refractivity contribution >= 4 is 39.7 Å². The van der Waals surface area contributed by atoms with Gasteiger partial charge in [0.05, 0.1) is 12.1 Å². The minimum atomic E-state index is -0.729. The molecular formula is C15H27BrN3O3S-. The first-order valence-corrected chi connectivity index (χ1v) is 10.4. The topological polar surface area (TPSA) is 102 Å². The number of alkyl halides is 1. The normalized spacial score (nSPS) is 25.1. The highest BCUT2D eigenvalue weighted by molar-refractivity contribution is 9.09. The van der Waals surface area contributed by atoms with E-state index in [1.54, 1.807) is 0 Å². The summed E-state index contributed by atoms with van der Waals surface area (Å²) in [4.78, 5) is 21.5. The van der Waals surface area contributed by atoms with Crippen LogP contribution in [-0.2, 0) is 4.79 Å². The third kappa shape index (κ3) is 8.26. The maximum absolute atomic E-state index is 11.1. The molecule has 134 valence electrons. The van der Waals surface area contributed by atoms with Gasteiger partial charge in [-0.1, -0.05) is 35.2 Å². The van der Waals surface area contributed by atoms with Crippen molar-refractivity contribution in [2.75, 3.05) is 17.6 Å². The highest BCUT2D eigenvalue weighted by Gasteiger charge is 2.42. The second-order valence-electron chi connectivity index (χ2n) is 5.76. The van der Waals surface area contributed by atoms with E-state index in [-0.39, 0.29) is 24.5 Å². The average molecular weight is 409 g/mol. The fourth-order valence-corrected chi connectivity index (χ4v) is 4.60. The molecule has 2 rings (SSSR count). The zero-order valence-corrected chi connectivity index (χ0v) is 15.8. The van der Waals surface area contributed by atoms with Crippen LogP contribution in [0.4, 0.5) is 4.79 Å². The minimum absolute atomic E-state index is 0.0640. The summed E-state index contributed by atoms with van der Waals surface area (Å²) in [5.41, 5.74) is 6.77. The number of carbonyl (C=O) groups is 2. The van der Waals surface area contributed by atoms with Crippen molar-refractivity contribution in [1.82, 2.24) is 10.6 Å². The second-order valence-corrected chi connectivity index (χ2v) is 7.83. The summed E-state index contributed by atoms with van der Waals surface area (Å²) in [6.07, 6.45) is 6.37. The zero-order valence-electron chi connectivity index (χ0n) is 13.4. The van der Waals surface area contributed by atoms with Crippen molar-refractivity contribution in [2.45, 2.75) is 62.3 Å². The molecule has 0 aliphatic carbocycles. The molecule has 0 spiro atoms. The third-order valence-corrected chi connectivity index (χ3v) is 5.95. The molecule has 0 radical (unpaired) electrons. The number of hydrogen-bond donors (Lipinski definition) is 3. The van der Waals surface area contributed by atoms with Gasteiger partial charge in [0.15, 0.2) is 0 Å². The lowest BCUT2D eigenvalue weighted by molar-refractivity contribution is -0.137. The summed E-state index contributed by atoms with van der Waals surface area (Å²) in [7, 11) is 0. The molecule has 0 bridgehead atoms. The van der Waals surface area contributed by atoms with E-state index in [1.165, 1.54) is 12.8 Å². The fraction of sp³-hybridized carbons (Fsp3) is 0.867. The molecule has 2 aliphatic heterocycles. The number of carboxylic acid groups (broad SMARTS) is 1. The standard InChI is InChI=1S/C10H16N2O3S.C5H11BrN/c13-8(14)4-2-1-3-7-9-6(5-16-7)11-10(15)12-9;6-4-2-1-3-5-7/h6-7,9H,1-5H2,(H,13,14)(H2,11,12,15);7H,1-5H2/q;-1/t6-,7-,9-;/m0./s1. The van der Waals surface area contributed by atoms with E-state index < -0.39 is 5.97 Å². The van der Waals surface area contributed by atoms with Gasteiger partial charge >= 0.3 is 12.0 Å². The van der Waals surface area contributed by atoms with Gasteiger partial charge in [-0.05, 0) is 19.3 Å². The van der Waals surface area contributed by atoms with Crippen LogP contribution in [0.25, 0.3) is 5.73 Å². The van der Waals surface area contributed by atoms with Crippen LogP contribution in [0.2, 0.25) is 0 Å². The Labute approximate surface area is 150 Å².